The van der Waals surface area contributed by atoms with Crippen LogP contribution >= 0.6 is 0 Å². The Labute approximate surface area is 257 Å². The molecule has 2 N–H and O–H groups in total. The number of hydrogen-bond acceptors (Lipinski definition) is 8. The van der Waals surface area contributed by atoms with E-state index in [9.17, 15) is 40.0 Å². The molecule has 2 heterocycles. The van der Waals surface area contributed by atoms with E-state index in [-0.39, 0.29) is 45.2 Å². The van der Waals surface area contributed by atoms with Crippen LogP contribution < -0.4 is 14.8 Å². The lowest BCUT2D eigenvalue weighted by atomic mass is 10.1. The fourth-order valence-corrected chi connectivity index (χ4v) is 5.65. The molecule has 3 aromatic carbocycles. The molecular weight excluding hydrogens is 645 g/mol. The third kappa shape index (κ3) is 6.89. The standard InChI is InChI=1S/C29H24F5N3O8S/c1-2-46(41,42)19-9-6-16(7-10-19)21(14-43-15-24(38)39)35-26(40)17-8-11-22-20(12-17)36-27(28(30,31)32)37(22)13-18-4-3-5-23-25(18)45-29(33,34)44-23/h3-12,21H,2,13-15H2,1H3,(H,35,40)(H,38,39)/t21-/m0/s1. The molecule has 46 heavy (non-hydrogen) atoms. The molecule has 17 heteroatoms. The second kappa shape index (κ2) is 12.2. The third-order valence-corrected chi connectivity index (χ3v) is 8.69. The van der Waals surface area contributed by atoms with Crippen LogP contribution in [0.15, 0.2) is 65.6 Å². The van der Waals surface area contributed by atoms with Crippen molar-refractivity contribution >= 4 is 32.7 Å². The fraction of sp³-hybridized carbons (Fsp3) is 0.276. The molecule has 5 rings (SSSR count). The van der Waals surface area contributed by atoms with Crippen LogP contribution in [0, 0.1) is 0 Å². The van der Waals surface area contributed by atoms with E-state index in [4.69, 9.17) is 9.84 Å². The first-order valence-corrected chi connectivity index (χ1v) is 15.1. The largest absolute Gasteiger partial charge is 0.586 e. The van der Waals surface area contributed by atoms with Gasteiger partial charge >= 0.3 is 18.4 Å². The molecule has 1 aliphatic heterocycles. The van der Waals surface area contributed by atoms with E-state index in [0.717, 1.165) is 10.6 Å². The van der Waals surface area contributed by atoms with Crippen molar-refractivity contribution in [2.75, 3.05) is 19.0 Å². The van der Waals surface area contributed by atoms with Gasteiger partial charge in [-0.2, -0.15) is 13.2 Å². The molecule has 1 aliphatic rings. The number of para-hydroxylation sites is 1. The predicted molar refractivity (Wildman–Crippen MR) is 149 cm³/mol. The maximum absolute atomic E-state index is 14.1. The maximum Gasteiger partial charge on any atom is 0.586 e. The van der Waals surface area contributed by atoms with Gasteiger partial charge < -0.3 is 29.2 Å². The van der Waals surface area contributed by atoms with Crippen LogP contribution in [-0.2, 0) is 32.1 Å². The minimum absolute atomic E-state index is 0.0324. The number of aliphatic carboxylic acids is 1. The van der Waals surface area contributed by atoms with Crippen LogP contribution in [0.25, 0.3) is 11.0 Å². The van der Waals surface area contributed by atoms with Gasteiger partial charge in [-0.15, -0.1) is 8.78 Å². The number of hydrogen-bond donors (Lipinski definition) is 2. The summed E-state index contributed by atoms with van der Waals surface area (Å²) in [5.74, 6) is -4.32. The van der Waals surface area contributed by atoms with Crippen molar-refractivity contribution in [1.29, 1.82) is 0 Å². The number of alkyl halides is 5. The van der Waals surface area contributed by atoms with Gasteiger partial charge in [0.05, 0.1) is 40.9 Å². The van der Waals surface area contributed by atoms with Crippen molar-refractivity contribution in [3.63, 3.8) is 0 Å². The normalized spacial score (nSPS) is 14.7. The zero-order chi connectivity index (χ0) is 33.4. The van der Waals surface area contributed by atoms with Crippen LogP contribution in [0.2, 0.25) is 0 Å². The summed E-state index contributed by atoms with van der Waals surface area (Å²) in [7, 11) is -3.53. The lowest BCUT2D eigenvalue weighted by Gasteiger charge is -2.19. The highest BCUT2D eigenvalue weighted by molar-refractivity contribution is 7.91. The number of sulfone groups is 1. The number of carbonyl (C=O) groups excluding carboxylic acids is 1. The minimum Gasteiger partial charge on any atom is -0.480 e. The number of carboxylic acid groups (broad SMARTS) is 1. The lowest BCUT2D eigenvalue weighted by Crippen LogP contribution is -2.32. The Balaban J connectivity index is 1.45. The first kappa shape index (κ1) is 32.6. The van der Waals surface area contributed by atoms with Crippen LogP contribution in [-0.4, -0.2) is 60.2 Å². The topological polar surface area (TPSA) is 146 Å². The van der Waals surface area contributed by atoms with Gasteiger partial charge in [0.1, 0.15) is 6.61 Å². The first-order chi connectivity index (χ1) is 21.6. The molecule has 11 nitrogen and oxygen atoms in total. The van der Waals surface area contributed by atoms with Gasteiger partial charge in [0.25, 0.3) is 5.91 Å². The Morgan fingerprint density at radius 3 is 2.46 bits per heavy atom. The molecule has 0 radical (unpaired) electrons. The summed E-state index contributed by atoms with van der Waals surface area (Å²) in [6.07, 6.45) is -8.96. The van der Waals surface area contributed by atoms with Crippen molar-refractivity contribution in [2.24, 2.45) is 0 Å². The predicted octanol–water partition coefficient (Wildman–Crippen LogP) is 4.79. The summed E-state index contributed by atoms with van der Waals surface area (Å²) >= 11 is 0. The van der Waals surface area contributed by atoms with E-state index in [1.807, 2.05) is 0 Å². The summed E-state index contributed by atoms with van der Waals surface area (Å²) in [6, 6.07) is 11.8. The number of aromatic nitrogens is 2. The molecule has 0 fully saturated rings. The molecule has 0 saturated carbocycles. The van der Waals surface area contributed by atoms with Crippen LogP contribution in [0.3, 0.4) is 0 Å². The van der Waals surface area contributed by atoms with E-state index in [2.05, 4.69) is 19.8 Å². The summed E-state index contributed by atoms with van der Waals surface area (Å²) in [4.78, 5) is 27.9. The maximum atomic E-state index is 14.1. The molecule has 1 atom stereocenters. The van der Waals surface area contributed by atoms with Gasteiger partial charge in [-0.1, -0.05) is 31.2 Å². The number of halogens is 5. The van der Waals surface area contributed by atoms with Gasteiger partial charge in [0, 0.05) is 11.1 Å². The highest BCUT2D eigenvalue weighted by Crippen LogP contribution is 2.44. The molecule has 4 aromatic rings. The third-order valence-electron chi connectivity index (χ3n) is 6.94. The lowest BCUT2D eigenvalue weighted by molar-refractivity contribution is -0.287. The second-order valence-electron chi connectivity index (χ2n) is 10.0. The first-order valence-electron chi connectivity index (χ1n) is 13.5. The summed E-state index contributed by atoms with van der Waals surface area (Å²) in [6.45, 7) is -0.134. The molecule has 1 amide bonds. The average Bonchev–Trinajstić information content (AvgIpc) is 3.52. The quantitative estimate of drug-likeness (QED) is 0.215. The fourth-order valence-electron chi connectivity index (χ4n) is 4.77. The number of carboxylic acids is 1. The molecule has 0 unspecified atom stereocenters. The molecule has 244 valence electrons. The zero-order valence-corrected chi connectivity index (χ0v) is 24.5. The minimum atomic E-state index is -4.97. The summed E-state index contributed by atoms with van der Waals surface area (Å²) < 4.78 is 109. The monoisotopic (exact) mass is 669 g/mol. The summed E-state index contributed by atoms with van der Waals surface area (Å²) in [5.41, 5.74) is -0.0886. The van der Waals surface area contributed by atoms with Gasteiger partial charge in [-0.25, -0.2) is 18.2 Å². The number of fused-ring (bicyclic) bond motifs is 2. The van der Waals surface area contributed by atoms with E-state index in [0.29, 0.717) is 5.56 Å². The Kier molecular flexibility index (Phi) is 8.65. The molecular formula is C29H24F5N3O8S. The van der Waals surface area contributed by atoms with Crippen LogP contribution in [0.4, 0.5) is 22.0 Å². The highest BCUT2D eigenvalue weighted by Gasteiger charge is 2.45. The summed E-state index contributed by atoms with van der Waals surface area (Å²) in [5, 5.41) is 11.6. The molecule has 0 bridgehead atoms. The smallest absolute Gasteiger partial charge is 0.480 e. The Hall–Kier alpha value is -4.77. The Morgan fingerprint density at radius 2 is 1.80 bits per heavy atom. The highest BCUT2D eigenvalue weighted by atomic mass is 32.2. The number of imidazole rings is 1. The second-order valence-corrected chi connectivity index (χ2v) is 12.3. The van der Waals surface area contributed by atoms with Crippen molar-refractivity contribution in [3.8, 4) is 11.5 Å². The van der Waals surface area contributed by atoms with Crippen molar-refractivity contribution in [1.82, 2.24) is 14.9 Å². The molecule has 0 aliphatic carbocycles. The zero-order valence-electron chi connectivity index (χ0n) is 23.7. The number of rotatable bonds is 11. The number of benzene rings is 3. The van der Waals surface area contributed by atoms with E-state index in [1.54, 1.807) is 0 Å². The van der Waals surface area contributed by atoms with Crippen LogP contribution in [0.5, 0.6) is 11.5 Å². The number of nitrogens with one attached hydrogen (secondary N) is 1. The Bertz CT molecular complexity index is 1910. The molecule has 1 aromatic heterocycles. The van der Waals surface area contributed by atoms with Gasteiger partial charge in [-0.3, -0.25) is 4.79 Å². The van der Waals surface area contributed by atoms with Crippen molar-refractivity contribution in [2.45, 2.75) is 36.9 Å². The SMILES string of the molecule is CCS(=O)(=O)c1ccc([C@H](COCC(=O)O)NC(=O)c2ccc3c(c2)nc(C(F)(F)F)n3Cc2cccc3c2OC(F)(F)O3)cc1. The van der Waals surface area contributed by atoms with Crippen molar-refractivity contribution < 1.29 is 59.3 Å². The van der Waals surface area contributed by atoms with E-state index >= 15 is 0 Å². The van der Waals surface area contributed by atoms with E-state index < -0.39 is 65.0 Å². The number of ether oxygens (including phenoxy) is 3. The van der Waals surface area contributed by atoms with Gasteiger partial charge in [0.2, 0.25) is 5.82 Å². The number of nitrogens with zero attached hydrogens (tertiary/aromatic N) is 2. The molecule has 0 saturated heterocycles. The number of amides is 1. The van der Waals surface area contributed by atoms with Gasteiger partial charge in [0.15, 0.2) is 21.3 Å². The number of carbonyl (C=O) groups is 2. The Morgan fingerprint density at radius 1 is 1.09 bits per heavy atom. The van der Waals surface area contributed by atoms with E-state index in [1.165, 1.54) is 61.5 Å². The average molecular weight is 670 g/mol. The molecule has 0 spiro atoms. The van der Waals surface area contributed by atoms with Crippen LogP contribution in [0.1, 0.15) is 40.3 Å². The van der Waals surface area contributed by atoms with Crippen molar-refractivity contribution in [3.05, 3.63) is 83.2 Å². The van der Waals surface area contributed by atoms with Gasteiger partial charge in [-0.05, 0) is 42.0 Å².